The van der Waals surface area contributed by atoms with E-state index in [4.69, 9.17) is 4.74 Å². The zero-order valence-corrected chi connectivity index (χ0v) is 13.5. The summed E-state index contributed by atoms with van der Waals surface area (Å²) >= 11 is 0. The summed E-state index contributed by atoms with van der Waals surface area (Å²) in [5.41, 5.74) is -0.103. The van der Waals surface area contributed by atoms with Crippen molar-refractivity contribution in [2.45, 2.75) is 45.1 Å². The van der Waals surface area contributed by atoms with E-state index in [1.54, 1.807) is 0 Å². The number of nitrogens with zero attached hydrogens (tertiary/aromatic N) is 3. The molecule has 0 radical (unpaired) electrons. The second-order valence-corrected chi connectivity index (χ2v) is 7.08. The Balaban J connectivity index is 1.67. The minimum absolute atomic E-state index is 0.103. The van der Waals surface area contributed by atoms with Crippen LogP contribution in [-0.4, -0.2) is 45.7 Å². The van der Waals surface area contributed by atoms with Crippen LogP contribution in [0.3, 0.4) is 0 Å². The van der Waals surface area contributed by atoms with Gasteiger partial charge in [0.2, 0.25) is 5.91 Å². The summed E-state index contributed by atoms with van der Waals surface area (Å²) < 4.78 is 5.79. The fourth-order valence-electron chi connectivity index (χ4n) is 2.85. The second kappa shape index (κ2) is 5.83. The van der Waals surface area contributed by atoms with Crippen LogP contribution in [0.1, 0.15) is 51.4 Å². The van der Waals surface area contributed by atoms with Crippen molar-refractivity contribution in [3.8, 4) is 0 Å². The summed E-state index contributed by atoms with van der Waals surface area (Å²) in [5, 5.41) is 7.26. The van der Waals surface area contributed by atoms with Crippen molar-refractivity contribution < 1.29 is 9.53 Å². The molecule has 0 bridgehead atoms. The summed E-state index contributed by atoms with van der Waals surface area (Å²) in [4.78, 5) is 19.0. The van der Waals surface area contributed by atoms with Crippen molar-refractivity contribution in [1.82, 2.24) is 20.1 Å². The molecule has 0 aromatic carbocycles. The van der Waals surface area contributed by atoms with E-state index in [1.807, 2.05) is 4.90 Å². The van der Waals surface area contributed by atoms with Gasteiger partial charge >= 0.3 is 0 Å². The normalized spacial score (nSPS) is 23.2. The molecule has 6 heteroatoms. The molecule has 0 spiro atoms. The second-order valence-electron chi connectivity index (χ2n) is 7.08. The third kappa shape index (κ3) is 3.06. The van der Waals surface area contributed by atoms with Crippen LogP contribution in [0.2, 0.25) is 0 Å². The van der Waals surface area contributed by atoms with Gasteiger partial charge in [-0.2, -0.15) is 5.10 Å². The van der Waals surface area contributed by atoms with Crippen molar-refractivity contribution in [3.05, 3.63) is 23.8 Å². The van der Waals surface area contributed by atoms with E-state index in [1.165, 1.54) is 0 Å². The molecule has 1 N–H and O–H groups in total. The first-order valence-electron chi connectivity index (χ1n) is 7.93. The Morgan fingerprint density at radius 1 is 1.36 bits per heavy atom. The number of hydrogen-bond donors (Lipinski definition) is 1. The first kappa shape index (κ1) is 15.2. The monoisotopic (exact) mass is 304 g/mol. The molecule has 2 heterocycles. The molecule has 1 amide bonds. The number of amides is 1. The third-order valence-corrected chi connectivity index (χ3v) is 4.21. The highest BCUT2D eigenvalue weighted by Gasteiger charge is 2.32. The van der Waals surface area contributed by atoms with Gasteiger partial charge in [-0.15, -0.1) is 0 Å². The van der Waals surface area contributed by atoms with Crippen LogP contribution in [0.15, 0.2) is 12.2 Å². The zero-order chi connectivity index (χ0) is 15.7. The molecular weight excluding hydrogens is 280 g/mol. The van der Waals surface area contributed by atoms with Gasteiger partial charge in [0.1, 0.15) is 6.10 Å². The van der Waals surface area contributed by atoms with Crippen LogP contribution < -0.4 is 0 Å². The van der Waals surface area contributed by atoms with Crippen molar-refractivity contribution in [2.24, 2.45) is 5.92 Å². The summed E-state index contributed by atoms with van der Waals surface area (Å²) in [6.45, 7) is 7.97. The lowest BCUT2D eigenvalue weighted by Gasteiger charge is -2.33. The Kier molecular flexibility index (Phi) is 4.04. The predicted octanol–water partition coefficient (Wildman–Crippen LogP) is 1.97. The van der Waals surface area contributed by atoms with Gasteiger partial charge in [-0.1, -0.05) is 32.9 Å². The van der Waals surface area contributed by atoms with Gasteiger partial charge in [-0.25, -0.2) is 4.98 Å². The summed E-state index contributed by atoms with van der Waals surface area (Å²) in [6, 6.07) is 0. The number of rotatable bonds is 2. The van der Waals surface area contributed by atoms with Gasteiger partial charge in [-0.05, 0) is 12.8 Å². The zero-order valence-electron chi connectivity index (χ0n) is 13.5. The Bertz CT molecular complexity index is 565. The van der Waals surface area contributed by atoms with Gasteiger partial charge in [0.05, 0.1) is 13.2 Å². The van der Waals surface area contributed by atoms with Crippen LogP contribution in [0.25, 0.3) is 0 Å². The third-order valence-electron chi connectivity index (χ3n) is 4.21. The van der Waals surface area contributed by atoms with Crippen LogP contribution in [-0.2, 0) is 14.9 Å². The molecule has 1 saturated heterocycles. The number of morpholine rings is 1. The summed E-state index contributed by atoms with van der Waals surface area (Å²) in [6.07, 6.45) is 5.68. The minimum Gasteiger partial charge on any atom is -0.367 e. The summed E-state index contributed by atoms with van der Waals surface area (Å²) in [5.74, 6) is 1.83. The van der Waals surface area contributed by atoms with Crippen molar-refractivity contribution in [2.75, 3.05) is 19.7 Å². The fraction of sp³-hybridized carbons (Fsp3) is 0.688. The molecule has 22 heavy (non-hydrogen) atoms. The smallest absolute Gasteiger partial charge is 0.226 e. The Morgan fingerprint density at radius 3 is 2.73 bits per heavy atom. The van der Waals surface area contributed by atoms with Crippen LogP contribution in [0.5, 0.6) is 0 Å². The van der Waals surface area contributed by atoms with Crippen LogP contribution in [0, 0.1) is 5.92 Å². The number of H-pyrrole nitrogens is 1. The lowest BCUT2D eigenvalue weighted by Crippen LogP contribution is -2.44. The van der Waals surface area contributed by atoms with E-state index in [9.17, 15) is 4.79 Å². The minimum atomic E-state index is -0.212. The standard InChI is InChI=1S/C16H24N4O2/c1-16(2,3)15-17-13(18-19-15)12-10-20(8-9-22-12)14(21)11-6-4-5-7-11/h4-5,11-12H,6-10H2,1-3H3,(H,17,18,19)/t12-/m1/s1. The average Bonchev–Trinajstić information content (AvgIpc) is 3.17. The van der Waals surface area contributed by atoms with E-state index in [0.717, 1.165) is 18.7 Å². The average molecular weight is 304 g/mol. The van der Waals surface area contributed by atoms with E-state index < -0.39 is 0 Å². The molecule has 1 aliphatic heterocycles. The maximum Gasteiger partial charge on any atom is 0.226 e. The fourth-order valence-corrected chi connectivity index (χ4v) is 2.85. The van der Waals surface area contributed by atoms with Crippen molar-refractivity contribution in [1.29, 1.82) is 0 Å². The van der Waals surface area contributed by atoms with Gasteiger partial charge in [0, 0.05) is 17.9 Å². The SMILES string of the molecule is CC(C)(C)c1n[nH]c([C@H]2CN(C(=O)C3CC=CC3)CCO2)n1. The highest BCUT2D eigenvalue weighted by Crippen LogP contribution is 2.26. The highest BCUT2D eigenvalue weighted by molar-refractivity contribution is 5.79. The maximum atomic E-state index is 12.5. The lowest BCUT2D eigenvalue weighted by molar-refractivity contribution is -0.143. The van der Waals surface area contributed by atoms with Crippen LogP contribution >= 0.6 is 0 Å². The van der Waals surface area contributed by atoms with Crippen molar-refractivity contribution >= 4 is 5.91 Å². The van der Waals surface area contributed by atoms with Gasteiger partial charge in [0.15, 0.2) is 11.6 Å². The number of carbonyl (C=O) groups is 1. The molecule has 120 valence electrons. The molecular formula is C16H24N4O2. The van der Waals surface area contributed by atoms with Crippen molar-refractivity contribution in [3.63, 3.8) is 0 Å². The lowest BCUT2D eigenvalue weighted by atomic mass is 9.96. The molecule has 2 aliphatic rings. The first-order valence-corrected chi connectivity index (χ1v) is 7.93. The van der Waals surface area contributed by atoms with E-state index >= 15 is 0 Å². The quantitative estimate of drug-likeness (QED) is 0.848. The maximum absolute atomic E-state index is 12.5. The number of ether oxygens (including phenoxy) is 1. The molecule has 0 saturated carbocycles. The first-order chi connectivity index (χ1) is 10.4. The molecule has 1 atom stereocenters. The van der Waals surface area contributed by atoms with E-state index in [-0.39, 0.29) is 23.3 Å². The molecule has 6 nitrogen and oxygen atoms in total. The highest BCUT2D eigenvalue weighted by atomic mass is 16.5. The van der Waals surface area contributed by atoms with Crippen LogP contribution in [0.4, 0.5) is 0 Å². The van der Waals surface area contributed by atoms with Gasteiger partial charge in [-0.3, -0.25) is 9.89 Å². The topological polar surface area (TPSA) is 71.1 Å². The molecule has 1 fully saturated rings. The van der Waals surface area contributed by atoms with Gasteiger partial charge in [0.25, 0.3) is 0 Å². The van der Waals surface area contributed by atoms with E-state index in [0.29, 0.717) is 25.5 Å². The number of nitrogens with one attached hydrogen (secondary N) is 1. The number of aromatic nitrogens is 3. The number of aromatic amines is 1. The number of allylic oxidation sites excluding steroid dienone is 2. The predicted molar refractivity (Wildman–Crippen MR) is 82.2 cm³/mol. The molecule has 1 aliphatic carbocycles. The summed E-state index contributed by atoms with van der Waals surface area (Å²) in [7, 11) is 0. The molecule has 1 aromatic rings. The number of carbonyl (C=O) groups excluding carboxylic acids is 1. The molecule has 1 aromatic heterocycles. The Morgan fingerprint density at radius 2 is 2.09 bits per heavy atom. The largest absolute Gasteiger partial charge is 0.367 e. The number of hydrogen-bond acceptors (Lipinski definition) is 4. The molecule has 0 unspecified atom stereocenters. The Hall–Kier alpha value is -1.69. The Labute approximate surface area is 130 Å². The van der Waals surface area contributed by atoms with Gasteiger partial charge < -0.3 is 9.64 Å². The van der Waals surface area contributed by atoms with E-state index in [2.05, 4.69) is 48.1 Å². The molecule has 3 rings (SSSR count).